The topological polar surface area (TPSA) is 112 Å². The van der Waals surface area contributed by atoms with Gasteiger partial charge in [0.1, 0.15) is 23.0 Å². The summed E-state index contributed by atoms with van der Waals surface area (Å²) in [5, 5.41) is 3.63. The van der Waals surface area contributed by atoms with Crippen molar-refractivity contribution >= 4 is 29.1 Å². The van der Waals surface area contributed by atoms with E-state index in [-0.39, 0.29) is 29.5 Å². The van der Waals surface area contributed by atoms with E-state index in [1.165, 1.54) is 0 Å². The van der Waals surface area contributed by atoms with Crippen molar-refractivity contribution < 1.29 is 14.3 Å². The molecule has 0 saturated heterocycles. The van der Waals surface area contributed by atoms with Gasteiger partial charge in [0.2, 0.25) is 5.88 Å². The zero-order chi connectivity index (χ0) is 20.4. The number of rotatable bonds is 5. The third kappa shape index (κ3) is 4.17. The lowest BCUT2D eigenvalue weighted by molar-refractivity contribution is 0.0876. The van der Waals surface area contributed by atoms with Crippen molar-refractivity contribution in [1.82, 2.24) is 19.7 Å². The summed E-state index contributed by atoms with van der Waals surface area (Å²) in [6.45, 7) is 0. The summed E-state index contributed by atoms with van der Waals surface area (Å²) in [5.74, 6) is -0.481. The molecule has 0 aliphatic heterocycles. The van der Waals surface area contributed by atoms with Crippen molar-refractivity contribution in [2.45, 2.75) is 37.8 Å². The Morgan fingerprint density at radius 3 is 2.76 bits per heavy atom. The molecule has 1 fully saturated rings. The van der Waals surface area contributed by atoms with Crippen LogP contribution in [0.3, 0.4) is 0 Å². The summed E-state index contributed by atoms with van der Waals surface area (Å²) >= 11 is 5.97. The fourth-order valence-corrected chi connectivity index (χ4v) is 3.69. The first-order valence-corrected chi connectivity index (χ1v) is 9.74. The zero-order valence-corrected chi connectivity index (χ0v) is 16.3. The molecular formula is C20H20ClN5O3. The number of nitrogens with zero attached hydrogens (tertiary/aromatic N) is 3. The molecule has 29 heavy (non-hydrogen) atoms. The van der Waals surface area contributed by atoms with Gasteiger partial charge in [0.15, 0.2) is 0 Å². The number of ether oxygens (including phenoxy) is 1. The summed E-state index contributed by atoms with van der Waals surface area (Å²) < 4.78 is 7.60. The van der Waals surface area contributed by atoms with Crippen LogP contribution in [0.15, 0.2) is 42.9 Å². The highest BCUT2D eigenvalue weighted by molar-refractivity contribution is 6.30. The lowest BCUT2D eigenvalue weighted by atomic mass is 9.93. The molecule has 4 rings (SSSR count). The number of carbonyl (C=O) groups excluding carboxylic acids is 2. The average molecular weight is 414 g/mol. The van der Waals surface area contributed by atoms with Crippen LogP contribution in [-0.2, 0) is 0 Å². The Labute approximate surface area is 172 Å². The molecule has 8 nitrogen and oxygen atoms in total. The van der Waals surface area contributed by atoms with E-state index in [2.05, 4.69) is 15.3 Å². The molecule has 0 atom stereocenters. The summed E-state index contributed by atoms with van der Waals surface area (Å²) in [4.78, 5) is 32.5. The first-order chi connectivity index (χ1) is 14.0. The highest BCUT2D eigenvalue weighted by atomic mass is 35.5. The smallest absolute Gasteiger partial charge is 0.270 e. The minimum atomic E-state index is -0.566. The van der Waals surface area contributed by atoms with Gasteiger partial charge in [-0.2, -0.15) is 0 Å². The van der Waals surface area contributed by atoms with E-state index < -0.39 is 5.91 Å². The van der Waals surface area contributed by atoms with Gasteiger partial charge in [-0.1, -0.05) is 11.6 Å². The van der Waals surface area contributed by atoms with Crippen LogP contribution in [0.1, 0.15) is 46.5 Å². The molecule has 0 spiro atoms. The van der Waals surface area contributed by atoms with Crippen LogP contribution in [0.2, 0.25) is 5.02 Å². The Morgan fingerprint density at radius 2 is 2.00 bits per heavy atom. The van der Waals surface area contributed by atoms with E-state index in [0.29, 0.717) is 16.4 Å². The SMILES string of the molecule is NC(=O)c1cccnc1O[C@H]1CC[C@H](NC(=O)c2cnc3cc(Cl)ccn23)CC1. The molecule has 0 bridgehead atoms. The largest absolute Gasteiger partial charge is 0.474 e. The first-order valence-electron chi connectivity index (χ1n) is 9.36. The van der Waals surface area contributed by atoms with Gasteiger partial charge in [-0.05, 0) is 43.9 Å². The molecule has 1 aliphatic rings. The third-order valence-corrected chi connectivity index (χ3v) is 5.27. The van der Waals surface area contributed by atoms with Gasteiger partial charge in [0.05, 0.1) is 6.20 Å². The van der Waals surface area contributed by atoms with Crippen molar-refractivity contribution in [3.8, 4) is 5.88 Å². The molecular weight excluding hydrogens is 394 g/mol. The van der Waals surface area contributed by atoms with Crippen LogP contribution < -0.4 is 15.8 Å². The maximum Gasteiger partial charge on any atom is 0.270 e. The number of aromatic nitrogens is 3. The van der Waals surface area contributed by atoms with Crippen molar-refractivity contribution in [3.63, 3.8) is 0 Å². The number of carbonyl (C=O) groups is 2. The Bertz CT molecular complexity index is 1060. The van der Waals surface area contributed by atoms with Gasteiger partial charge in [-0.15, -0.1) is 0 Å². The third-order valence-electron chi connectivity index (χ3n) is 5.03. The van der Waals surface area contributed by atoms with Crippen molar-refractivity contribution in [1.29, 1.82) is 0 Å². The van der Waals surface area contributed by atoms with Crippen LogP contribution >= 0.6 is 11.6 Å². The minimum absolute atomic E-state index is 0.0412. The molecule has 3 heterocycles. The van der Waals surface area contributed by atoms with Gasteiger partial charge < -0.3 is 15.8 Å². The molecule has 3 aromatic rings. The van der Waals surface area contributed by atoms with Crippen molar-refractivity contribution in [2.75, 3.05) is 0 Å². The minimum Gasteiger partial charge on any atom is -0.474 e. The number of hydrogen-bond donors (Lipinski definition) is 2. The normalized spacial score (nSPS) is 19.1. The quantitative estimate of drug-likeness (QED) is 0.667. The number of imidazole rings is 1. The number of fused-ring (bicyclic) bond motifs is 1. The van der Waals surface area contributed by atoms with E-state index in [1.54, 1.807) is 47.3 Å². The van der Waals surface area contributed by atoms with Gasteiger partial charge in [-0.3, -0.25) is 14.0 Å². The summed E-state index contributed by atoms with van der Waals surface area (Å²) in [5.41, 5.74) is 6.74. The Morgan fingerprint density at radius 1 is 1.21 bits per heavy atom. The predicted molar refractivity (Wildman–Crippen MR) is 107 cm³/mol. The van der Waals surface area contributed by atoms with Crippen LogP contribution in [0.5, 0.6) is 5.88 Å². The summed E-state index contributed by atoms with van der Waals surface area (Å²) in [7, 11) is 0. The standard InChI is InChI=1S/C20H20ClN5O3/c21-12-7-9-26-16(11-24-17(26)10-12)19(28)25-13-3-5-14(6-4-13)29-20-15(18(22)27)2-1-8-23-20/h1-2,7-11,13-14H,3-6H2,(H2,22,27)(H,25,28)/t13-,14-. The maximum absolute atomic E-state index is 12.7. The maximum atomic E-state index is 12.7. The second kappa shape index (κ2) is 8.08. The molecule has 1 aliphatic carbocycles. The summed E-state index contributed by atoms with van der Waals surface area (Å²) in [6.07, 6.45) is 7.77. The molecule has 2 amide bonds. The second-order valence-corrected chi connectivity index (χ2v) is 7.44. The molecule has 0 aromatic carbocycles. The van der Waals surface area contributed by atoms with Crippen LogP contribution in [0.4, 0.5) is 0 Å². The second-order valence-electron chi connectivity index (χ2n) is 7.00. The van der Waals surface area contributed by atoms with Gasteiger partial charge in [0, 0.05) is 29.5 Å². The lowest BCUT2D eigenvalue weighted by Gasteiger charge is -2.29. The number of nitrogens with one attached hydrogen (secondary N) is 1. The fourth-order valence-electron chi connectivity index (χ4n) is 3.54. The predicted octanol–water partition coefficient (Wildman–Crippen LogP) is 2.60. The van der Waals surface area contributed by atoms with E-state index in [9.17, 15) is 9.59 Å². The number of amides is 2. The molecule has 9 heteroatoms. The average Bonchev–Trinajstić information content (AvgIpc) is 3.13. The Balaban J connectivity index is 1.35. The van der Waals surface area contributed by atoms with E-state index >= 15 is 0 Å². The number of pyridine rings is 2. The van der Waals surface area contributed by atoms with Crippen LogP contribution in [0.25, 0.3) is 5.65 Å². The zero-order valence-electron chi connectivity index (χ0n) is 15.5. The van der Waals surface area contributed by atoms with Gasteiger partial charge in [0.25, 0.3) is 11.8 Å². The van der Waals surface area contributed by atoms with E-state index in [1.807, 2.05) is 0 Å². The molecule has 150 valence electrons. The molecule has 3 N–H and O–H groups in total. The van der Waals surface area contributed by atoms with E-state index in [4.69, 9.17) is 22.1 Å². The van der Waals surface area contributed by atoms with Crippen molar-refractivity contribution in [2.24, 2.45) is 5.73 Å². The number of nitrogens with two attached hydrogens (primary N) is 1. The van der Waals surface area contributed by atoms with Gasteiger partial charge >= 0.3 is 0 Å². The number of hydrogen-bond acceptors (Lipinski definition) is 5. The Kier molecular flexibility index (Phi) is 5.35. The fraction of sp³-hybridized carbons (Fsp3) is 0.300. The monoisotopic (exact) mass is 413 g/mol. The number of primary amides is 1. The van der Waals surface area contributed by atoms with Crippen LogP contribution in [-0.4, -0.2) is 38.3 Å². The van der Waals surface area contributed by atoms with E-state index in [0.717, 1.165) is 25.7 Å². The Hall–Kier alpha value is -3.13. The van der Waals surface area contributed by atoms with Gasteiger partial charge in [-0.25, -0.2) is 9.97 Å². The lowest BCUT2D eigenvalue weighted by Crippen LogP contribution is -2.40. The molecule has 1 saturated carbocycles. The highest BCUT2D eigenvalue weighted by Crippen LogP contribution is 2.25. The highest BCUT2D eigenvalue weighted by Gasteiger charge is 2.26. The molecule has 0 unspecified atom stereocenters. The van der Waals surface area contributed by atoms with Crippen LogP contribution in [0, 0.1) is 0 Å². The van der Waals surface area contributed by atoms with Crippen molar-refractivity contribution in [3.05, 3.63) is 59.1 Å². The molecule has 3 aromatic heterocycles. The molecule has 0 radical (unpaired) electrons. The summed E-state index contributed by atoms with van der Waals surface area (Å²) in [6, 6.07) is 6.71. The first kappa shape index (κ1) is 19.2. The number of halogens is 1.